The van der Waals surface area contributed by atoms with Crippen LogP contribution in [0.25, 0.3) is 0 Å². The first kappa shape index (κ1) is 19.3. The van der Waals surface area contributed by atoms with Crippen LogP contribution in [0.15, 0.2) is 60.0 Å². The molecule has 2 aromatic carbocycles. The number of nitrogens with one attached hydrogen (secondary N) is 1. The molecule has 0 radical (unpaired) electrons. The molecule has 0 fully saturated rings. The lowest BCUT2D eigenvalue weighted by molar-refractivity contribution is -0.117. The number of hydrogen-bond acceptors (Lipinski definition) is 6. The van der Waals surface area contributed by atoms with E-state index in [9.17, 15) is 4.79 Å². The quantitative estimate of drug-likeness (QED) is 0.605. The summed E-state index contributed by atoms with van der Waals surface area (Å²) in [5.41, 5.74) is 1.73. The SMILES string of the molecule is COc1ccccc1CN(CC(=O)Nc1ccc2c(c1)OCO2)Cc1cccs1. The highest BCUT2D eigenvalue weighted by Gasteiger charge is 2.17. The molecule has 0 aliphatic carbocycles. The summed E-state index contributed by atoms with van der Waals surface area (Å²) in [7, 11) is 1.66. The number of carbonyl (C=O) groups is 1. The van der Waals surface area contributed by atoms with Crippen LogP contribution in [0.4, 0.5) is 5.69 Å². The van der Waals surface area contributed by atoms with Crippen LogP contribution in [0.2, 0.25) is 0 Å². The summed E-state index contributed by atoms with van der Waals surface area (Å²) in [5.74, 6) is 2.07. The Morgan fingerprint density at radius 3 is 2.79 bits per heavy atom. The van der Waals surface area contributed by atoms with E-state index in [1.54, 1.807) is 30.6 Å². The highest BCUT2D eigenvalue weighted by molar-refractivity contribution is 7.09. The molecule has 1 aromatic heterocycles. The Morgan fingerprint density at radius 2 is 1.97 bits per heavy atom. The van der Waals surface area contributed by atoms with Gasteiger partial charge in [0.1, 0.15) is 5.75 Å². The molecule has 1 N–H and O–H groups in total. The van der Waals surface area contributed by atoms with Gasteiger partial charge in [0.05, 0.1) is 13.7 Å². The molecule has 0 bridgehead atoms. The third-order valence-corrected chi connectivity index (χ3v) is 5.43. The van der Waals surface area contributed by atoms with Crippen LogP contribution in [0.1, 0.15) is 10.4 Å². The first-order valence-electron chi connectivity index (χ1n) is 9.27. The zero-order valence-corrected chi connectivity index (χ0v) is 16.9. The minimum Gasteiger partial charge on any atom is -0.496 e. The van der Waals surface area contributed by atoms with E-state index in [1.807, 2.05) is 41.8 Å². The van der Waals surface area contributed by atoms with Gasteiger partial charge in [-0.3, -0.25) is 9.69 Å². The molecule has 0 saturated carbocycles. The van der Waals surface area contributed by atoms with Crippen molar-refractivity contribution in [2.75, 3.05) is 25.8 Å². The van der Waals surface area contributed by atoms with E-state index in [0.29, 0.717) is 30.3 Å². The zero-order chi connectivity index (χ0) is 20.1. The fourth-order valence-electron chi connectivity index (χ4n) is 3.24. The average molecular weight is 410 g/mol. The molecule has 29 heavy (non-hydrogen) atoms. The summed E-state index contributed by atoms with van der Waals surface area (Å²) in [5, 5.41) is 5.00. The van der Waals surface area contributed by atoms with E-state index in [1.165, 1.54) is 4.88 Å². The van der Waals surface area contributed by atoms with Crippen LogP contribution in [0, 0.1) is 0 Å². The molecule has 150 valence electrons. The second-order valence-electron chi connectivity index (χ2n) is 6.65. The molecular formula is C22H22N2O4S. The third kappa shape index (κ3) is 4.88. The number of thiophene rings is 1. The molecule has 1 aliphatic heterocycles. The van der Waals surface area contributed by atoms with Crippen molar-refractivity contribution in [1.29, 1.82) is 0 Å². The Bertz CT molecular complexity index is 975. The minimum absolute atomic E-state index is 0.0877. The van der Waals surface area contributed by atoms with E-state index < -0.39 is 0 Å². The van der Waals surface area contributed by atoms with Gasteiger partial charge >= 0.3 is 0 Å². The Kier molecular flexibility index (Phi) is 5.97. The zero-order valence-electron chi connectivity index (χ0n) is 16.1. The molecule has 3 aromatic rings. The largest absolute Gasteiger partial charge is 0.496 e. The van der Waals surface area contributed by atoms with Crippen molar-refractivity contribution in [3.05, 3.63) is 70.4 Å². The summed E-state index contributed by atoms with van der Waals surface area (Å²) in [4.78, 5) is 16.1. The Hall–Kier alpha value is -3.03. The number of hydrogen-bond donors (Lipinski definition) is 1. The number of benzene rings is 2. The van der Waals surface area contributed by atoms with Gasteiger partial charge in [-0.25, -0.2) is 0 Å². The van der Waals surface area contributed by atoms with Gasteiger partial charge < -0.3 is 19.5 Å². The molecule has 0 unspecified atom stereocenters. The average Bonchev–Trinajstić information content (AvgIpc) is 3.39. The minimum atomic E-state index is -0.0877. The summed E-state index contributed by atoms with van der Waals surface area (Å²) < 4.78 is 16.2. The van der Waals surface area contributed by atoms with Crippen molar-refractivity contribution in [3.63, 3.8) is 0 Å². The van der Waals surface area contributed by atoms with E-state index >= 15 is 0 Å². The molecule has 0 spiro atoms. The summed E-state index contributed by atoms with van der Waals surface area (Å²) in [6, 6.07) is 17.4. The molecule has 2 heterocycles. The number of rotatable bonds is 8. The second kappa shape index (κ2) is 8.98. The Morgan fingerprint density at radius 1 is 1.10 bits per heavy atom. The third-order valence-electron chi connectivity index (χ3n) is 4.57. The van der Waals surface area contributed by atoms with Gasteiger partial charge in [0.2, 0.25) is 12.7 Å². The second-order valence-corrected chi connectivity index (χ2v) is 7.68. The lowest BCUT2D eigenvalue weighted by Gasteiger charge is -2.22. The maximum Gasteiger partial charge on any atom is 0.238 e. The lowest BCUT2D eigenvalue weighted by atomic mass is 10.2. The van der Waals surface area contributed by atoms with E-state index in [0.717, 1.165) is 11.3 Å². The number of amides is 1. The Balaban J connectivity index is 1.46. The van der Waals surface area contributed by atoms with Crippen LogP contribution in [0.5, 0.6) is 17.2 Å². The van der Waals surface area contributed by atoms with Crippen LogP contribution < -0.4 is 19.5 Å². The van der Waals surface area contributed by atoms with Gasteiger partial charge in [-0.2, -0.15) is 0 Å². The number of nitrogens with zero attached hydrogens (tertiary/aromatic N) is 1. The fourth-order valence-corrected chi connectivity index (χ4v) is 3.99. The van der Waals surface area contributed by atoms with E-state index in [2.05, 4.69) is 16.3 Å². The van der Waals surface area contributed by atoms with Crippen LogP contribution in [-0.4, -0.2) is 31.3 Å². The summed E-state index contributed by atoms with van der Waals surface area (Å²) in [6.45, 7) is 1.76. The molecule has 0 atom stereocenters. The Labute approximate surface area is 173 Å². The molecule has 0 saturated heterocycles. The topological polar surface area (TPSA) is 60.0 Å². The number of fused-ring (bicyclic) bond motifs is 1. The van der Waals surface area contributed by atoms with Gasteiger partial charge in [-0.1, -0.05) is 24.3 Å². The predicted molar refractivity (Wildman–Crippen MR) is 113 cm³/mol. The number of anilines is 1. The van der Waals surface area contributed by atoms with Crippen molar-refractivity contribution >= 4 is 22.9 Å². The molecular weight excluding hydrogens is 388 g/mol. The molecule has 4 rings (SSSR count). The first-order valence-corrected chi connectivity index (χ1v) is 10.2. The van der Waals surface area contributed by atoms with Crippen molar-refractivity contribution in [2.24, 2.45) is 0 Å². The molecule has 1 amide bonds. The van der Waals surface area contributed by atoms with Crippen molar-refractivity contribution in [3.8, 4) is 17.2 Å². The predicted octanol–water partition coefficient (Wildman–Crippen LogP) is 4.13. The maximum atomic E-state index is 12.7. The van der Waals surface area contributed by atoms with Crippen molar-refractivity contribution in [1.82, 2.24) is 4.90 Å². The number of carbonyl (C=O) groups excluding carboxylic acids is 1. The molecule has 7 heteroatoms. The van der Waals surface area contributed by atoms with Gasteiger partial charge in [-0.15, -0.1) is 11.3 Å². The van der Waals surface area contributed by atoms with Crippen LogP contribution in [0.3, 0.4) is 0 Å². The standard InChI is InChI=1S/C22H22N2O4S/c1-26-19-7-3-2-5-16(19)12-24(13-18-6-4-10-29-18)14-22(25)23-17-8-9-20-21(11-17)28-15-27-20/h2-11H,12-15H2,1H3,(H,23,25). The highest BCUT2D eigenvalue weighted by atomic mass is 32.1. The van der Waals surface area contributed by atoms with E-state index in [-0.39, 0.29) is 19.2 Å². The van der Waals surface area contributed by atoms with Gasteiger partial charge in [0.15, 0.2) is 11.5 Å². The van der Waals surface area contributed by atoms with E-state index in [4.69, 9.17) is 14.2 Å². The van der Waals surface area contributed by atoms with Crippen LogP contribution >= 0.6 is 11.3 Å². The first-order chi connectivity index (χ1) is 14.2. The normalized spacial score (nSPS) is 12.2. The number of methoxy groups -OCH3 is 1. The maximum absolute atomic E-state index is 12.7. The summed E-state index contributed by atoms with van der Waals surface area (Å²) in [6.07, 6.45) is 0. The monoisotopic (exact) mass is 410 g/mol. The van der Waals surface area contributed by atoms with Crippen LogP contribution in [-0.2, 0) is 17.9 Å². The number of para-hydroxylation sites is 1. The van der Waals surface area contributed by atoms with Crippen molar-refractivity contribution in [2.45, 2.75) is 13.1 Å². The van der Waals surface area contributed by atoms with Gasteiger partial charge in [0.25, 0.3) is 0 Å². The number of ether oxygens (including phenoxy) is 3. The lowest BCUT2D eigenvalue weighted by Crippen LogP contribution is -2.32. The van der Waals surface area contributed by atoms with Gasteiger partial charge in [0, 0.05) is 35.3 Å². The smallest absolute Gasteiger partial charge is 0.238 e. The molecule has 6 nitrogen and oxygen atoms in total. The fraction of sp³-hybridized carbons (Fsp3) is 0.227. The highest BCUT2D eigenvalue weighted by Crippen LogP contribution is 2.34. The van der Waals surface area contributed by atoms with Crippen molar-refractivity contribution < 1.29 is 19.0 Å². The summed E-state index contributed by atoms with van der Waals surface area (Å²) >= 11 is 1.68. The van der Waals surface area contributed by atoms with Gasteiger partial charge in [-0.05, 0) is 29.6 Å². The molecule has 1 aliphatic rings.